The van der Waals surface area contributed by atoms with Crippen molar-refractivity contribution in [1.82, 2.24) is 15.0 Å². The molecule has 2 atom stereocenters. The zero-order valence-electron chi connectivity index (χ0n) is 17.9. The lowest BCUT2D eigenvalue weighted by Crippen LogP contribution is -2.42. The third-order valence-electron chi connectivity index (χ3n) is 5.81. The normalized spacial score (nSPS) is 19.2. The second kappa shape index (κ2) is 9.04. The van der Waals surface area contributed by atoms with Crippen molar-refractivity contribution in [3.63, 3.8) is 0 Å². The van der Waals surface area contributed by atoms with Crippen molar-refractivity contribution in [3.8, 4) is 11.3 Å². The van der Waals surface area contributed by atoms with Crippen molar-refractivity contribution in [2.75, 3.05) is 18.5 Å². The van der Waals surface area contributed by atoms with Crippen LogP contribution in [0.1, 0.15) is 42.9 Å². The Balaban J connectivity index is 1.81. The molecule has 0 spiro atoms. The zero-order valence-corrected chi connectivity index (χ0v) is 18.6. The number of fused-ring (bicyclic) bond motifs is 1. The first-order valence-electron chi connectivity index (χ1n) is 10.5. The topological polar surface area (TPSA) is 100 Å². The summed E-state index contributed by atoms with van der Waals surface area (Å²) in [6.45, 7) is 7.06. The third-order valence-corrected chi connectivity index (χ3v) is 6.08. The summed E-state index contributed by atoms with van der Waals surface area (Å²) in [5, 5.41) is 24.7. The molecule has 3 aromatic rings. The number of nitrogens with one attached hydrogen (secondary N) is 1. The summed E-state index contributed by atoms with van der Waals surface area (Å²) in [7, 11) is 0. The first-order valence-corrected chi connectivity index (χ1v) is 10.9. The summed E-state index contributed by atoms with van der Waals surface area (Å²) >= 11 is 6.51. The second-order valence-electron chi connectivity index (χ2n) is 8.21. The maximum atomic E-state index is 10.2. The number of nitrogens with zero attached hydrogens (tertiary/aromatic N) is 3. The summed E-state index contributed by atoms with van der Waals surface area (Å²) in [5.74, 6) is 0.630. The largest absolute Gasteiger partial charge is 0.392 e. The fourth-order valence-corrected chi connectivity index (χ4v) is 4.44. The summed E-state index contributed by atoms with van der Waals surface area (Å²) in [6, 6.07) is 3.75. The highest BCUT2D eigenvalue weighted by Gasteiger charge is 2.25. The number of aliphatic hydroxyl groups is 2. The van der Waals surface area contributed by atoms with Crippen molar-refractivity contribution in [2.45, 2.75) is 51.9 Å². The average Bonchev–Trinajstić information content (AvgIpc) is 2.76. The molecule has 0 radical (unpaired) electrons. The van der Waals surface area contributed by atoms with E-state index in [0.29, 0.717) is 36.3 Å². The molecule has 0 saturated carbocycles. The number of rotatable bonds is 5. The van der Waals surface area contributed by atoms with Crippen LogP contribution in [0.25, 0.3) is 22.2 Å². The van der Waals surface area contributed by atoms with Crippen LogP contribution >= 0.6 is 11.6 Å². The molecule has 1 saturated heterocycles. The molecular formula is C23H27ClN4O3. The zero-order chi connectivity index (χ0) is 22.1. The van der Waals surface area contributed by atoms with Gasteiger partial charge in [0.15, 0.2) is 0 Å². The van der Waals surface area contributed by atoms with Crippen LogP contribution in [0, 0.1) is 6.92 Å². The molecule has 164 valence electrons. The minimum atomic E-state index is -0.615. The lowest BCUT2D eigenvalue weighted by molar-refractivity contribution is -0.0136. The molecule has 1 aromatic carbocycles. The molecule has 4 rings (SSSR count). The SMILES string of the molecule is Cc1c(-c2nc(N[C@@H]3CCOC[C@H]3O)ncc2Cl)ccc2ncc(CO)c(C(C)C)c12. The standard InChI is InChI=1S/C23H27ClN4O3/c1-12(2)20-14(10-29)8-25-18-5-4-15(13(3)21(18)20)22-16(24)9-26-23(28-22)27-17-6-7-31-11-19(17)30/h4-5,8-9,12,17,19,29-30H,6-7,10-11H2,1-3H3,(H,26,27,28)/t17-,19-/m1/s1. The minimum absolute atomic E-state index is 0.0596. The van der Waals surface area contributed by atoms with Crippen molar-refractivity contribution in [1.29, 1.82) is 0 Å². The number of aryl methyl sites for hydroxylation is 1. The fraction of sp³-hybridized carbons (Fsp3) is 0.435. The molecule has 0 unspecified atom stereocenters. The van der Waals surface area contributed by atoms with E-state index >= 15 is 0 Å². The maximum Gasteiger partial charge on any atom is 0.223 e. The van der Waals surface area contributed by atoms with Crippen LogP contribution in [0.15, 0.2) is 24.5 Å². The van der Waals surface area contributed by atoms with Crippen LogP contribution in [-0.4, -0.2) is 50.5 Å². The van der Waals surface area contributed by atoms with E-state index < -0.39 is 6.10 Å². The number of anilines is 1. The summed E-state index contributed by atoms with van der Waals surface area (Å²) in [6.07, 6.45) is 3.38. The summed E-state index contributed by atoms with van der Waals surface area (Å²) < 4.78 is 5.29. The van der Waals surface area contributed by atoms with Gasteiger partial charge < -0.3 is 20.3 Å². The van der Waals surface area contributed by atoms with Gasteiger partial charge in [-0.2, -0.15) is 0 Å². The van der Waals surface area contributed by atoms with Crippen molar-refractivity contribution < 1.29 is 14.9 Å². The highest BCUT2D eigenvalue weighted by Crippen LogP contribution is 2.37. The van der Waals surface area contributed by atoms with Gasteiger partial charge in [0, 0.05) is 23.8 Å². The Bertz CT molecular complexity index is 1110. The first-order chi connectivity index (χ1) is 14.9. The number of ether oxygens (including phenoxy) is 1. The number of benzene rings is 1. The van der Waals surface area contributed by atoms with Crippen LogP contribution in [-0.2, 0) is 11.3 Å². The Morgan fingerprint density at radius 3 is 2.77 bits per heavy atom. The molecule has 8 heteroatoms. The van der Waals surface area contributed by atoms with Gasteiger partial charge in [-0.1, -0.05) is 31.5 Å². The van der Waals surface area contributed by atoms with Crippen LogP contribution in [0.2, 0.25) is 5.02 Å². The highest BCUT2D eigenvalue weighted by atomic mass is 35.5. The average molecular weight is 443 g/mol. The van der Waals surface area contributed by atoms with E-state index in [4.69, 9.17) is 16.3 Å². The van der Waals surface area contributed by atoms with E-state index in [-0.39, 0.29) is 18.6 Å². The Labute approximate surface area is 186 Å². The molecule has 3 N–H and O–H groups in total. The number of hydrogen-bond donors (Lipinski definition) is 3. The number of pyridine rings is 1. The smallest absolute Gasteiger partial charge is 0.223 e. The predicted octanol–water partition coefficient (Wildman–Crippen LogP) is 3.83. The van der Waals surface area contributed by atoms with Gasteiger partial charge in [0.05, 0.1) is 47.8 Å². The molecule has 1 aliphatic rings. The maximum absolute atomic E-state index is 10.2. The van der Waals surface area contributed by atoms with Crippen LogP contribution < -0.4 is 5.32 Å². The van der Waals surface area contributed by atoms with Crippen molar-refractivity contribution in [2.24, 2.45) is 0 Å². The molecule has 3 heterocycles. The predicted molar refractivity (Wildman–Crippen MR) is 121 cm³/mol. The van der Waals surface area contributed by atoms with Crippen LogP contribution in [0.5, 0.6) is 0 Å². The van der Waals surface area contributed by atoms with E-state index in [9.17, 15) is 10.2 Å². The second-order valence-corrected chi connectivity index (χ2v) is 8.62. The van der Waals surface area contributed by atoms with Gasteiger partial charge in [0.2, 0.25) is 5.95 Å². The van der Waals surface area contributed by atoms with Crippen molar-refractivity contribution >= 4 is 28.5 Å². The van der Waals surface area contributed by atoms with E-state index in [2.05, 4.69) is 34.1 Å². The fourth-order valence-electron chi connectivity index (χ4n) is 4.25. The molecule has 1 aliphatic heterocycles. The molecule has 0 amide bonds. The molecule has 31 heavy (non-hydrogen) atoms. The van der Waals surface area contributed by atoms with Gasteiger partial charge in [0.25, 0.3) is 0 Å². The Hall–Kier alpha value is -2.32. The number of aliphatic hydroxyl groups excluding tert-OH is 2. The van der Waals surface area contributed by atoms with Gasteiger partial charge in [-0.15, -0.1) is 0 Å². The lowest BCUT2D eigenvalue weighted by Gasteiger charge is -2.28. The molecule has 0 bridgehead atoms. The lowest BCUT2D eigenvalue weighted by atomic mass is 9.89. The molecule has 2 aromatic heterocycles. The molecular weight excluding hydrogens is 416 g/mol. The first kappa shape index (κ1) is 21.9. The van der Waals surface area contributed by atoms with Gasteiger partial charge in [0.1, 0.15) is 0 Å². The van der Waals surface area contributed by atoms with E-state index in [0.717, 1.165) is 33.2 Å². The van der Waals surface area contributed by atoms with Crippen LogP contribution in [0.4, 0.5) is 5.95 Å². The van der Waals surface area contributed by atoms with E-state index in [1.807, 2.05) is 19.1 Å². The third kappa shape index (κ3) is 4.23. The van der Waals surface area contributed by atoms with E-state index in [1.165, 1.54) is 0 Å². The Morgan fingerprint density at radius 2 is 2.06 bits per heavy atom. The van der Waals surface area contributed by atoms with Gasteiger partial charge >= 0.3 is 0 Å². The number of halogens is 1. The molecule has 7 nitrogen and oxygen atoms in total. The van der Waals surface area contributed by atoms with Gasteiger partial charge in [-0.3, -0.25) is 4.98 Å². The Morgan fingerprint density at radius 1 is 1.26 bits per heavy atom. The molecule has 0 aliphatic carbocycles. The molecule has 1 fully saturated rings. The highest BCUT2D eigenvalue weighted by molar-refractivity contribution is 6.33. The van der Waals surface area contributed by atoms with E-state index in [1.54, 1.807) is 12.4 Å². The van der Waals surface area contributed by atoms with Gasteiger partial charge in [-0.05, 0) is 42.0 Å². The van der Waals surface area contributed by atoms with Gasteiger partial charge in [-0.25, -0.2) is 9.97 Å². The minimum Gasteiger partial charge on any atom is -0.392 e. The van der Waals surface area contributed by atoms with Crippen LogP contribution in [0.3, 0.4) is 0 Å². The van der Waals surface area contributed by atoms with Crippen molar-refractivity contribution in [3.05, 3.63) is 46.2 Å². The quantitative estimate of drug-likeness (QED) is 0.552. The Kier molecular flexibility index (Phi) is 6.39. The summed E-state index contributed by atoms with van der Waals surface area (Å²) in [5.41, 5.74) is 5.28. The number of aromatic nitrogens is 3. The summed E-state index contributed by atoms with van der Waals surface area (Å²) in [4.78, 5) is 13.5. The monoisotopic (exact) mass is 442 g/mol. The number of hydrogen-bond acceptors (Lipinski definition) is 7.